The molecule has 1 fully saturated rings. The number of nitrogens with zero attached hydrogens (tertiary/aromatic N) is 4. The first kappa shape index (κ1) is 20.0. The number of aliphatic hydroxyl groups excluding tert-OH is 2. The van der Waals surface area contributed by atoms with Crippen LogP contribution in [0.5, 0.6) is 0 Å². The van der Waals surface area contributed by atoms with E-state index in [0.717, 1.165) is 6.33 Å². The van der Waals surface area contributed by atoms with Gasteiger partial charge in [0.2, 0.25) is 10.4 Å². The average molecular weight is 425 g/mol. The third-order valence-electron chi connectivity index (χ3n) is 3.58. The quantitative estimate of drug-likeness (QED) is 0.237. The maximum Gasteiger partial charge on any atom is 0.282 e. The number of aromatic nitrogens is 4. The van der Waals surface area contributed by atoms with Gasteiger partial charge in [-0.1, -0.05) is 0 Å². The summed E-state index contributed by atoms with van der Waals surface area (Å²) >= 11 is 0. The molecule has 0 amide bonds. The van der Waals surface area contributed by atoms with Crippen molar-refractivity contribution in [3.8, 4) is 0 Å². The van der Waals surface area contributed by atoms with Crippen molar-refractivity contribution in [3.05, 3.63) is 12.7 Å². The Kier molecular flexibility index (Phi) is 5.19. The molecule has 17 heteroatoms. The molecule has 0 radical (unpaired) electrons. The Morgan fingerprint density at radius 2 is 2.04 bits per heavy atom. The zero-order valence-electron chi connectivity index (χ0n) is 13.1. The van der Waals surface area contributed by atoms with Gasteiger partial charge in [-0.25, -0.2) is 27.3 Å². The number of anilines is 1. The molecule has 2 aromatic rings. The number of hydrogen-bond donors (Lipinski definition) is 3. The van der Waals surface area contributed by atoms with Crippen molar-refractivity contribution in [1.29, 1.82) is 0 Å². The Hall–Kier alpha value is -1.75. The predicted molar refractivity (Wildman–Crippen MR) is 80.0 cm³/mol. The van der Waals surface area contributed by atoms with Gasteiger partial charge in [0.1, 0.15) is 30.2 Å². The molecule has 1 aliphatic heterocycles. The number of hydrogen-bond acceptors (Lipinski definition) is 14. The van der Waals surface area contributed by atoms with Crippen LogP contribution >= 0.6 is 7.82 Å². The first-order chi connectivity index (χ1) is 12.5. The van der Waals surface area contributed by atoms with Gasteiger partial charge in [0.05, 0.1) is 12.9 Å². The van der Waals surface area contributed by atoms with Crippen LogP contribution < -0.4 is 10.6 Å². The third kappa shape index (κ3) is 4.23. The molecular weight excluding hydrogens is 413 g/mol. The molecule has 3 unspecified atom stereocenters. The van der Waals surface area contributed by atoms with E-state index in [-0.39, 0.29) is 17.0 Å². The molecule has 27 heavy (non-hydrogen) atoms. The number of aliphatic hydroxyl groups is 2. The molecule has 3 heterocycles. The minimum atomic E-state index is -5.57. The summed E-state index contributed by atoms with van der Waals surface area (Å²) in [5, 5.41) is 20.2. The largest absolute Gasteiger partial charge is 0.755 e. The van der Waals surface area contributed by atoms with Crippen LogP contribution in [0.3, 0.4) is 0 Å². The summed E-state index contributed by atoms with van der Waals surface area (Å²) < 4.78 is 56.3. The number of phosphoric acid groups is 1. The van der Waals surface area contributed by atoms with Crippen LogP contribution in [0, 0.1) is 0 Å². The van der Waals surface area contributed by atoms with Gasteiger partial charge < -0.3 is 34.7 Å². The fourth-order valence-electron chi connectivity index (χ4n) is 2.45. The maximum absolute atomic E-state index is 11.3. The van der Waals surface area contributed by atoms with Crippen molar-refractivity contribution in [2.75, 3.05) is 12.3 Å². The molecule has 0 bridgehead atoms. The van der Waals surface area contributed by atoms with E-state index in [1.807, 2.05) is 0 Å². The van der Waals surface area contributed by atoms with Gasteiger partial charge in [0, 0.05) is 0 Å². The highest BCUT2D eigenvalue weighted by Gasteiger charge is 2.45. The van der Waals surface area contributed by atoms with E-state index in [0.29, 0.717) is 0 Å². The van der Waals surface area contributed by atoms with E-state index in [4.69, 9.17) is 10.5 Å². The zero-order valence-corrected chi connectivity index (χ0v) is 14.8. The number of nitrogens with two attached hydrogens (primary N) is 1. The molecule has 3 rings (SSSR count). The molecule has 4 N–H and O–H groups in total. The third-order valence-corrected chi connectivity index (χ3v) is 5.50. The van der Waals surface area contributed by atoms with Crippen LogP contribution in [0.2, 0.25) is 0 Å². The van der Waals surface area contributed by atoms with Crippen LogP contribution in [0.4, 0.5) is 5.82 Å². The van der Waals surface area contributed by atoms with Crippen LogP contribution in [-0.2, 0) is 28.2 Å². The summed E-state index contributed by atoms with van der Waals surface area (Å²) in [5.74, 6) is 0.0648. The number of phosphoric ester groups is 1. The van der Waals surface area contributed by atoms with E-state index < -0.39 is 49.4 Å². The maximum atomic E-state index is 11.3. The van der Waals surface area contributed by atoms with Gasteiger partial charge in [0.15, 0.2) is 17.7 Å². The lowest BCUT2D eigenvalue weighted by atomic mass is 10.1. The fourth-order valence-corrected chi connectivity index (χ4v) is 3.85. The Bertz CT molecular complexity index is 997. The summed E-state index contributed by atoms with van der Waals surface area (Å²) in [5.41, 5.74) is 6.03. The fraction of sp³-hybridized carbons (Fsp3) is 0.500. The lowest BCUT2D eigenvalue weighted by molar-refractivity contribution is -0.220. The van der Waals surface area contributed by atoms with Crippen molar-refractivity contribution in [2.24, 2.45) is 0 Å². The number of fused-ring (bicyclic) bond motifs is 1. The van der Waals surface area contributed by atoms with E-state index in [2.05, 4.69) is 23.4 Å². The van der Waals surface area contributed by atoms with Crippen LogP contribution in [-0.4, -0.2) is 67.6 Å². The van der Waals surface area contributed by atoms with Crippen molar-refractivity contribution in [1.82, 2.24) is 19.5 Å². The predicted octanol–water partition coefficient (Wildman–Crippen LogP) is -3.01. The second kappa shape index (κ2) is 7.01. The highest BCUT2D eigenvalue weighted by atomic mass is 32.3. The molecule has 1 saturated heterocycles. The smallest absolute Gasteiger partial charge is 0.282 e. The number of ether oxygens (including phenoxy) is 1. The second-order valence-electron chi connectivity index (χ2n) is 5.36. The van der Waals surface area contributed by atoms with Crippen molar-refractivity contribution in [2.45, 2.75) is 24.5 Å². The van der Waals surface area contributed by atoms with E-state index in [1.165, 1.54) is 10.9 Å². The van der Waals surface area contributed by atoms with Crippen molar-refractivity contribution >= 4 is 35.2 Å². The molecule has 2 aromatic heterocycles. The standard InChI is InChI=1S/C10H14N5O10PS/c11-8-5-9(13-2-12-8)15(3-14-5)10-7(17)6(16)4(24-10)1-23-26(18,19)25-27(20,21)22/h2-4,6-7,10,16-17H,1H2,(H,18,19)(H2,11,12,13)(H,20,21,22)/p-2/t4-,6?,7?,10-/m1/s1. The lowest BCUT2D eigenvalue weighted by Gasteiger charge is -2.25. The first-order valence-corrected chi connectivity index (χ1v) is 9.85. The summed E-state index contributed by atoms with van der Waals surface area (Å²) in [7, 11) is -11.1. The normalized spacial score (nSPS) is 28.4. The molecule has 0 aliphatic carbocycles. The first-order valence-electron chi connectivity index (χ1n) is 7.06. The zero-order chi connectivity index (χ0) is 20.0. The molecular formula is C10H12N5O10PS-2. The van der Waals surface area contributed by atoms with Gasteiger partial charge in [-0.3, -0.25) is 9.13 Å². The topological polar surface area (TPSA) is 235 Å². The molecule has 0 spiro atoms. The van der Waals surface area contributed by atoms with Gasteiger partial charge >= 0.3 is 0 Å². The number of imidazole rings is 1. The second-order valence-corrected chi connectivity index (χ2v) is 7.92. The van der Waals surface area contributed by atoms with Crippen LogP contribution in [0.15, 0.2) is 12.7 Å². The van der Waals surface area contributed by atoms with Gasteiger partial charge in [-0.15, -0.1) is 0 Å². The SMILES string of the molecule is Nc1ncnc2c1ncn2[C@@H]1O[C@H](COP(=O)([O-])OS(=O)(=O)[O-])C(O)C1O. The van der Waals surface area contributed by atoms with Crippen molar-refractivity contribution < 1.29 is 45.9 Å². The monoisotopic (exact) mass is 425 g/mol. The van der Waals surface area contributed by atoms with Gasteiger partial charge in [-0.2, -0.15) is 0 Å². The minimum absolute atomic E-state index is 0.0648. The van der Waals surface area contributed by atoms with Crippen molar-refractivity contribution in [3.63, 3.8) is 0 Å². The van der Waals surface area contributed by atoms with Crippen LogP contribution in [0.25, 0.3) is 11.2 Å². The molecule has 150 valence electrons. The summed E-state index contributed by atoms with van der Waals surface area (Å²) in [6, 6.07) is 0. The van der Waals surface area contributed by atoms with E-state index >= 15 is 0 Å². The number of rotatable bonds is 6. The molecule has 0 saturated carbocycles. The highest BCUT2D eigenvalue weighted by molar-refractivity contribution is 7.85. The van der Waals surface area contributed by atoms with E-state index in [9.17, 15) is 32.6 Å². The minimum Gasteiger partial charge on any atom is -0.755 e. The lowest BCUT2D eigenvalue weighted by Crippen LogP contribution is -2.34. The number of nitrogen functional groups attached to an aromatic ring is 1. The molecule has 15 nitrogen and oxygen atoms in total. The van der Waals surface area contributed by atoms with Gasteiger partial charge in [-0.05, 0) is 0 Å². The molecule has 0 aromatic carbocycles. The summed E-state index contributed by atoms with van der Waals surface area (Å²) in [6.45, 7) is -0.936. The molecule has 1 aliphatic rings. The Balaban J connectivity index is 1.76. The molecule has 5 atom stereocenters. The van der Waals surface area contributed by atoms with Gasteiger partial charge in [0.25, 0.3) is 7.82 Å². The average Bonchev–Trinajstić information content (AvgIpc) is 3.07. The Labute approximate surface area is 150 Å². The summed E-state index contributed by atoms with van der Waals surface area (Å²) in [4.78, 5) is 22.9. The highest BCUT2D eigenvalue weighted by Crippen LogP contribution is 2.41. The summed E-state index contributed by atoms with van der Waals surface area (Å²) in [6.07, 6.45) is -3.49. The Morgan fingerprint density at radius 1 is 1.33 bits per heavy atom. The van der Waals surface area contributed by atoms with Crippen LogP contribution in [0.1, 0.15) is 6.23 Å². The van der Waals surface area contributed by atoms with E-state index in [1.54, 1.807) is 0 Å². The Morgan fingerprint density at radius 3 is 2.70 bits per heavy atom.